The second-order valence-corrected chi connectivity index (χ2v) is 3.58. The lowest BCUT2D eigenvalue weighted by atomic mass is 10.3. The zero-order valence-corrected chi connectivity index (χ0v) is 10.4. The van der Waals surface area contributed by atoms with Gasteiger partial charge in [0.2, 0.25) is 5.91 Å². The third-order valence-electron chi connectivity index (χ3n) is 2.15. The minimum absolute atomic E-state index is 0.139. The standard InChI is InChI=1S/C10H18N6O2/c1-7(10(17)13-3-4-18-2)14-8-5-12-6-9(15-8)16-11/h5-7H,3-4,11H2,1-2H3,(H,13,17)(H2,14,15,16). The summed E-state index contributed by atoms with van der Waals surface area (Å²) in [5, 5.41) is 5.64. The van der Waals surface area contributed by atoms with Crippen LogP contribution in [0.4, 0.5) is 11.6 Å². The number of nitrogens with two attached hydrogens (primary N) is 1. The van der Waals surface area contributed by atoms with Crippen LogP contribution in [0.3, 0.4) is 0 Å². The molecule has 1 heterocycles. The highest BCUT2D eigenvalue weighted by Gasteiger charge is 2.12. The number of aromatic nitrogens is 2. The molecule has 100 valence electrons. The van der Waals surface area contributed by atoms with Gasteiger partial charge in [-0.1, -0.05) is 0 Å². The topological polar surface area (TPSA) is 114 Å². The van der Waals surface area contributed by atoms with Gasteiger partial charge in [0.05, 0.1) is 19.0 Å². The Kier molecular flexibility index (Phi) is 5.81. The van der Waals surface area contributed by atoms with Crippen LogP contribution < -0.4 is 21.9 Å². The molecule has 1 atom stereocenters. The minimum Gasteiger partial charge on any atom is -0.383 e. The maximum atomic E-state index is 11.7. The number of hydrogen-bond donors (Lipinski definition) is 4. The maximum absolute atomic E-state index is 11.7. The van der Waals surface area contributed by atoms with Crippen molar-refractivity contribution in [3.63, 3.8) is 0 Å². The molecule has 0 aromatic carbocycles. The number of ether oxygens (including phenoxy) is 1. The van der Waals surface area contributed by atoms with Crippen LogP contribution in [0.1, 0.15) is 6.92 Å². The smallest absolute Gasteiger partial charge is 0.242 e. The van der Waals surface area contributed by atoms with Gasteiger partial charge >= 0.3 is 0 Å². The van der Waals surface area contributed by atoms with Gasteiger partial charge in [0, 0.05) is 13.7 Å². The van der Waals surface area contributed by atoms with Crippen molar-refractivity contribution >= 4 is 17.5 Å². The van der Waals surface area contributed by atoms with E-state index < -0.39 is 6.04 Å². The molecule has 0 saturated heterocycles. The summed E-state index contributed by atoms with van der Waals surface area (Å²) in [6.45, 7) is 2.68. The maximum Gasteiger partial charge on any atom is 0.242 e. The predicted molar refractivity (Wildman–Crippen MR) is 67.8 cm³/mol. The molecule has 0 spiro atoms. The van der Waals surface area contributed by atoms with Crippen LogP contribution in [0.2, 0.25) is 0 Å². The first-order valence-corrected chi connectivity index (χ1v) is 5.49. The number of hydrazine groups is 1. The summed E-state index contributed by atoms with van der Waals surface area (Å²) in [5.74, 6) is 5.97. The van der Waals surface area contributed by atoms with Crippen LogP contribution in [0.15, 0.2) is 12.4 Å². The number of anilines is 2. The molecule has 1 aromatic heterocycles. The molecule has 1 aromatic rings. The average molecular weight is 254 g/mol. The quantitative estimate of drug-likeness (QED) is 0.290. The molecule has 0 fully saturated rings. The fraction of sp³-hybridized carbons (Fsp3) is 0.500. The van der Waals surface area contributed by atoms with Gasteiger partial charge in [-0.3, -0.25) is 9.78 Å². The number of nitrogens with one attached hydrogen (secondary N) is 3. The first-order chi connectivity index (χ1) is 8.67. The van der Waals surface area contributed by atoms with E-state index in [9.17, 15) is 4.79 Å². The lowest BCUT2D eigenvalue weighted by molar-refractivity contribution is -0.121. The predicted octanol–water partition coefficient (Wildman–Crippen LogP) is -0.675. The van der Waals surface area contributed by atoms with Crippen molar-refractivity contribution in [2.75, 3.05) is 31.0 Å². The van der Waals surface area contributed by atoms with E-state index in [4.69, 9.17) is 10.6 Å². The van der Waals surface area contributed by atoms with Crippen LogP contribution >= 0.6 is 0 Å². The van der Waals surface area contributed by atoms with Gasteiger partial charge in [-0.05, 0) is 6.92 Å². The van der Waals surface area contributed by atoms with E-state index >= 15 is 0 Å². The Morgan fingerprint density at radius 2 is 2.22 bits per heavy atom. The number of methoxy groups -OCH3 is 1. The molecule has 0 saturated carbocycles. The van der Waals surface area contributed by atoms with Crippen molar-refractivity contribution in [1.29, 1.82) is 0 Å². The number of carbonyl (C=O) groups excluding carboxylic acids is 1. The Bertz CT molecular complexity index is 386. The van der Waals surface area contributed by atoms with Crippen LogP contribution in [-0.4, -0.2) is 42.2 Å². The van der Waals surface area contributed by atoms with Crippen molar-refractivity contribution in [3.05, 3.63) is 12.4 Å². The van der Waals surface area contributed by atoms with Gasteiger partial charge in [0.25, 0.3) is 0 Å². The van der Waals surface area contributed by atoms with Crippen molar-refractivity contribution in [2.45, 2.75) is 13.0 Å². The highest BCUT2D eigenvalue weighted by molar-refractivity contribution is 5.83. The van der Waals surface area contributed by atoms with E-state index in [0.717, 1.165) is 0 Å². The lowest BCUT2D eigenvalue weighted by Crippen LogP contribution is -2.39. The van der Waals surface area contributed by atoms with Crippen LogP contribution in [0.5, 0.6) is 0 Å². The fourth-order valence-corrected chi connectivity index (χ4v) is 1.22. The molecule has 8 nitrogen and oxygen atoms in total. The molecule has 0 radical (unpaired) electrons. The number of rotatable bonds is 7. The average Bonchev–Trinajstić information content (AvgIpc) is 2.39. The second kappa shape index (κ2) is 7.41. The van der Waals surface area contributed by atoms with Gasteiger partial charge in [-0.15, -0.1) is 0 Å². The first kappa shape index (κ1) is 14.1. The number of carbonyl (C=O) groups is 1. The van der Waals surface area contributed by atoms with Crippen molar-refractivity contribution < 1.29 is 9.53 Å². The largest absolute Gasteiger partial charge is 0.383 e. The third-order valence-corrected chi connectivity index (χ3v) is 2.15. The molecule has 1 amide bonds. The zero-order valence-electron chi connectivity index (χ0n) is 10.4. The van der Waals surface area contributed by atoms with Gasteiger partial charge in [-0.2, -0.15) is 0 Å². The Balaban J connectivity index is 2.47. The van der Waals surface area contributed by atoms with Gasteiger partial charge < -0.3 is 20.8 Å². The monoisotopic (exact) mass is 254 g/mol. The Morgan fingerprint density at radius 3 is 2.89 bits per heavy atom. The molecule has 8 heteroatoms. The van der Waals surface area contributed by atoms with E-state index in [1.165, 1.54) is 12.4 Å². The van der Waals surface area contributed by atoms with Gasteiger partial charge in [-0.25, -0.2) is 10.8 Å². The Morgan fingerprint density at radius 1 is 1.50 bits per heavy atom. The second-order valence-electron chi connectivity index (χ2n) is 3.58. The normalized spacial score (nSPS) is 11.7. The van der Waals surface area contributed by atoms with E-state index in [-0.39, 0.29) is 5.91 Å². The van der Waals surface area contributed by atoms with E-state index in [2.05, 4.69) is 26.0 Å². The summed E-state index contributed by atoms with van der Waals surface area (Å²) < 4.78 is 4.84. The number of hydrogen-bond acceptors (Lipinski definition) is 7. The molecular weight excluding hydrogens is 236 g/mol. The van der Waals surface area contributed by atoms with Gasteiger partial charge in [0.1, 0.15) is 11.9 Å². The molecule has 0 aliphatic carbocycles. The lowest BCUT2D eigenvalue weighted by Gasteiger charge is -2.14. The number of nitrogen functional groups attached to an aromatic ring is 1. The van der Waals surface area contributed by atoms with Gasteiger partial charge in [0.15, 0.2) is 5.82 Å². The van der Waals surface area contributed by atoms with Crippen LogP contribution in [-0.2, 0) is 9.53 Å². The fourth-order valence-electron chi connectivity index (χ4n) is 1.22. The summed E-state index contributed by atoms with van der Waals surface area (Å²) in [5.41, 5.74) is 2.38. The van der Waals surface area contributed by atoms with E-state index in [1.54, 1.807) is 14.0 Å². The number of amides is 1. The molecule has 0 aliphatic heterocycles. The number of nitrogens with zero attached hydrogens (tertiary/aromatic N) is 2. The van der Waals surface area contributed by atoms with Crippen molar-refractivity contribution in [2.24, 2.45) is 5.84 Å². The summed E-state index contributed by atoms with van der Waals surface area (Å²) in [7, 11) is 1.58. The SMILES string of the molecule is COCCNC(=O)C(C)Nc1cncc(NN)n1. The minimum atomic E-state index is -0.427. The Labute approximate surface area is 105 Å². The summed E-state index contributed by atoms with van der Waals surface area (Å²) in [6.07, 6.45) is 2.99. The molecule has 1 unspecified atom stereocenters. The molecule has 1 rings (SSSR count). The zero-order chi connectivity index (χ0) is 13.4. The van der Waals surface area contributed by atoms with Crippen molar-refractivity contribution in [3.8, 4) is 0 Å². The highest BCUT2D eigenvalue weighted by Crippen LogP contribution is 2.06. The molecule has 0 bridgehead atoms. The third kappa shape index (κ3) is 4.52. The summed E-state index contributed by atoms with van der Waals surface area (Å²) in [4.78, 5) is 19.7. The molecule has 5 N–H and O–H groups in total. The summed E-state index contributed by atoms with van der Waals surface area (Å²) >= 11 is 0. The first-order valence-electron chi connectivity index (χ1n) is 5.49. The van der Waals surface area contributed by atoms with E-state index in [1.807, 2.05) is 0 Å². The summed E-state index contributed by atoms with van der Waals surface area (Å²) in [6, 6.07) is -0.427. The van der Waals surface area contributed by atoms with Crippen molar-refractivity contribution in [1.82, 2.24) is 15.3 Å². The Hall–Kier alpha value is -1.93. The molecule has 0 aliphatic rings. The van der Waals surface area contributed by atoms with Crippen LogP contribution in [0.25, 0.3) is 0 Å². The molecular formula is C10H18N6O2. The van der Waals surface area contributed by atoms with Crippen LogP contribution in [0, 0.1) is 0 Å². The molecule has 18 heavy (non-hydrogen) atoms. The highest BCUT2D eigenvalue weighted by atomic mass is 16.5. The van der Waals surface area contributed by atoms with E-state index in [0.29, 0.717) is 24.8 Å².